The average molecular weight is 270 g/mol. The van der Waals surface area contributed by atoms with Crippen LogP contribution >= 0.6 is 11.6 Å². The molecule has 3 N–H and O–H groups in total. The highest BCUT2D eigenvalue weighted by molar-refractivity contribution is 6.32. The fraction of sp³-hybridized carbons (Fsp3) is 0.462. The minimum absolute atomic E-state index is 0.0156. The van der Waals surface area contributed by atoms with E-state index in [1.54, 1.807) is 12.1 Å². The minimum Gasteiger partial charge on any atom is -0.397 e. The minimum atomic E-state index is -0.0156. The lowest BCUT2D eigenvalue weighted by atomic mass is 10.1. The predicted molar refractivity (Wildman–Crippen MR) is 77.2 cm³/mol. The molecule has 0 saturated carbocycles. The molecule has 0 saturated heterocycles. The van der Waals surface area contributed by atoms with E-state index in [4.69, 9.17) is 17.3 Å². The number of nitrogens with zero attached hydrogens (tertiary/aromatic N) is 1. The maximum Gasteiger partial charge on any atom is 0.239 e. The van der Waals surface area contributed by atoms with Gasteiger partial charge in [0.2, 0.25) is 5.91 Å². The Morgan fingerprint density at radius 2 is 2.11 bits per heavy atom. The number of likely N-dealkylation sites (N-methyl/N-ethyl adjacent to an activating group) is 2. The lowest BCUT2D eigenvalue weighted by Crippen LogP contribution is -2.37. The third-order valence-electron chi connectivity index (χ3n) is 2.80. The second-order valence-electron chi connectivity index (χ2n) is 4.08. The molecule has 1 amide bonds. The monoisotopic (exact) mass is 269 g/mol. The molecule has 0 bridgehead atoms. The number of halogens is 1. The molecule has 0 spiro atoms. The quantitative estimate of drug-likeness (QED) is 0.806. The van der Waals surface area contributed by atoms with E-state index in [0.29, 0.717) is 23.8 Å². The van der Waals surface area contributed by atoms with Crippen LogP contribution in [0.1, 0.15) is 19.4 Å². The Hall–Kier alpha value is -1.42. The van der Waals surface area contributed by atoms with Crippen molar-refractivity contribution in [3.8, 4) is 0 Å². The number of carbonyl (C=O) groups is 1. The van der Waals surface area contributed by atoms with Gasteiger partial charge in [0.15, 0.2) is 0 Å². The van der Waals surface area contributed by atoms with Gasteiger partial charge in [-0.1, -0.05) is 11.6 Å². The Morgan fingerprint density at radius 3 is 2.67 bits per heavy atom. The zero-order valence-corrected chi connectivity index (χ0v) is 11.8. The van der Waals surface area contributed by atoms with Crippen LogP contribution in [0.25, 0.3) is 0 Å². The fourth-order valence-electron chi connectivity index (χ4n) is 1.89. The first-order valence-corrected chi connectivity index (χ1v) is 6.45. The Bertz CT molecular complexity index is 434. The second kappa shape index (κ2) is 6.50. The first-order chi connectivity index (χ1) is 8.51. The molecule has 0 aliphatic rings. The maximum atomic E-state index is 11.7. The molecule has 1 rings (SSSR count). The second-order valence-corrected chi connectivity index (χ2v) is 4.49. The fourth-order valence-corrected chi connectivity index (χ4v) is 2.04. The predicted octanol–water partition coefficient (Wildman–Crippen LogP) is 2.19. The van der Waals surface area contributed by atoms with Gasteiger partial charge < -0.3 is 16.0 Å². The smallest absolute Gasteiger partial charge is 0.239 e. The summed E-state index contributed by atoms with van der Waals surface area (Å²) in [5, 5.41) is 3.44. The molecule has 1 aromatic rings. The number of carbonyl (C=O) groups excluding carboxylic acids is 1. The van der Waals surface area contributed by atoms with E-state index in [9.17, 15) is 4.79 Å². The number of hydrogen-bond acceptors (Lipinski definition) is 3. The number of amides is 1. The molecule has 0 heterocycles. The van der Waals surface area contributed by atoms with Crippen LogP contribution in [0.3, 0.4) is 0 Å². The molecule has 0 aliphatic carbocycles. The highest BCUT2D eigenvalue weighted by atomic mass is 35.5. The SMILES string of the molecule is CCNC(=O)CN(CC)c1c(N)ccc(Cl)c1C. The molecule has 1 aromatic carbocycles. The van der Waals surface area contributed by atoms with Crippen LogP contribution in [0.4, 0.5) is 11.4 Å². The molecule has 18 heavy (non-hydrogen) atoms. The van der Waals surface area contributed by atoms with Gasteiger partial charge in [0.05, 0.1) is 17.9 Å². The van der Waals surface area contributed by atoms with Crippen molar-refractivity contribution in [1.29, 1.82) is 0 Å². The van der Waals surface area contributed by atoms with E-state index in [2.05, 4.69) is 5.32 Å². The van der Waals surface area contributed by atoms with Gasteiger partial charge in [-0.3, -0.25) is 4.79 Å². The van der Waals surface area contributed by atoms with Crippen LogP contribution in [-0.4, -0.2) is 25.5 Å². The number of nitrogen functional groups attached to an aromatic ring is 1. The van der Waals surface area contributed by atoms with Crippen molar-refractivity contribution in [3.63, 3.8) is 0 Å². The largest absolute Gasteiger partial charge is 0.397 e. The molecule has 0 fully saturated rings. The van der Waals surface area contributed by atoms with Gasteiger partial charge in [0.1, 0.15) is 0 Å². The van der Waals surface area contributed by atoms with Crippen molar-refractivity contribution in [2.75, 3.05) is 30.3 Å². The van der Waals surface area contributed by atoms with Crippen LogP contribution in [0.2, 0.25) is 5.02 Å². The van der Waals surface area contributed by atoms with E-state index in [1.165, 1.54) is 0 Å². The summed E-state index contributed by atoms with van der Waals surface area (Å²) in [5.41, 5.74) is 8.38. The molecule has 0 radical (unpaired) electrons. The van der Waals surface area contributed by atoms with Crippen molar-refractivity contribution in [1.82, 2.24) is 5.32 Å². The molecule has 5 heteroatoms. The molecular weight excluding hydrogens is 250 g/mol. The molecule has 0 aromatic heterocycles. The molecular formula is C13H20ClN3O. The Labute approximate surface area is 113 Å². The number of rotatable bonds is 5. The van der Waals surface area contributed by atoms with Gasteiger partial charge in [-0.25, -0.2) is 0 Å². The van der Waals surface area contributed by atoms with Crippen molar-refractivity contribution < 1.29 is 4.79 Å². The zero-order chi connectivity index (χ0) is 13.7. The lowest BCUT2D eigenvalue weighted by Gasteiger charge is -2.26. The summed E-state index contributed by atoms with van der Waals surface area (Å²) in [4.78, 5) is 13.6. The lowest BCUT2D eigenvalue weighted by molar-refractivity contribution is -0.119. The highest BCUT2D eigenvalue weighted by Gasteiger charge is 2.15. The number of nitrogens with two attached hydrogens (primary N) is 1. The first-order valence-electron chi connectivity index (χ1n) is 6.07. The van der Waals surface area contributed by atoms with Gasteiger partial charge >= 0.3 is 0 Å². The van der Waals surface area contributed by atoms with Crippen LogP contribution in [-0.2, 0) is 4.79 Å². The summed E-state index contributed by atoms with van der Waals surface area (Å²) in [5.74, 6) is -0.0156. The summed E-state index contributed by atoms with van der Waals surface area (Å²) in [7, 11) is 0. The van der Waals surface area contributed by atoms with E-state index in [0.717, 1.165) is 11.3 Å². The van der Waals surface area contributed by atoms with E-state index < -0.39 is 0 Å². The number of benzene rings is 1. The third-order valence-corrected chi connectivity index (χ3v) is 3.21. The number of nitrogens with one attached hydrogen (secondary N) is 1. The third kappa shape index (κ3) is 3.29. The maximum absolute atomic E-state index is 11.7. The van der Waals surface area contributed by atoms with Gasteiger partial charge in [-0.05, 0) is 38.5 Å². The van der Waals surface area contributed by atoms with Gasteiger partial charge in [-0.15, -0.1) is 0 Å². The molecule has 4 nitrogen and oxygen atoms in total. The Morgan fingerprint density at radius 1 is 1.44 bits per heavy atom. The standard InChI is InChI=1S/C13H20ClN3O/c1-4-16-12(18)8-17(5-2)13-9(3)10(14)6-7-11(13)15/h6-7H,4-5,8,15H2,1-3H3,(H,16,18). The van der Waals surface area contributed by atoms with Crippen molar-refractivity contribution >= 4 is 28.9 Å². The summed E-state index contributed by atoms with van der Waals surface area (Å²) in [6.45, 7) is 7.40. The Balaban J connectivity index is 3.02. The van der Waals surface area contributed by atoms with Crippen molar-refractivity contribution in [2.45, 2.75) is 20.8 Å². The van der Waals surface area contributed by atoms with Gasteiger partial charge in [-0.2, -0.15) is 0 Å². The summed E-state index contributed by atoms with van der Waals surface area (Å²) in [6.07, 6.45) is 0. The van der Waals surface area contributed by atoms with Crippen LogP contribution in [0, 0.1) is 6.92 Å². The van der Waals surface area contributed by atoms with E-state index >= 15 is 0 Å². The summed E-state index contributed by atoms with van der Waals surface area (Å²) < 4.78 is 0. The molecule has 0 unspecified atom stereocenters. The number of hydrogen-bond donors (Lipinski definition) is 2. The van der Waals surface area contributed by atoms with E-state index in [-0.39, 0.29) is 12.5 Å². The van der Waals surface area contributed by atoms with Crippen molar-refractivity contribution in [3.05, 3.63) is 22.7 Å². The van der Waals surface area contributed by atoms with Crippen LogP contribution in [0.5, 0.6) is 0 Å². The van der Waals surface area contributed by atoms with Crippen LogP contribution in [0.15, 0.2) is 12.1 Å². The molecule has 0 aliphatic heterocycles. The Kier molecular flexibility index (Phi) is 5.28. The summed E-state index contributed by atoms with van der Waals surface area (Å²) in [6, 6.07) is 3.54. The first kappa shape index (κ1) is 14.6. The average Bonchev–Trinajstić information content (AvgIpc) is 2.33. The molecule has 100 valence electrons. The van der Waals surface area contributed by atoms with Gasteiger partial charge in [0.25, 0.3) is 0 Å². The zero-order valence-electron chi connectivity index (χ0n) is 11.1. The van der Waals surface area contributed by atoms with Crippen molar-refractivity contribution in [2.24, 2.45) is 0 Å². The summed E-state index contributed by atoms with van der Waals surface area (Å²) >= 11 is 6.10. The van der Waals surface area contributed by atoms with E-state index in [1.807, 2.05) is 25.7 Å². The topological polar surface area (TPSA) is 58.4 Å². The molecule has 0 atom stereocenters. The van der Waals surface area contributed by atoms with Crippen LogP contribution < -0.4 is 16.0 Å². The highest BCUT2D eigenvalue weighted by Crippen LogP contribution is 2.32. The normalized spacial score (nSPS) is 10.2. The van der Waals surface area contributed by atoms with Gasteiger partial charge in [0, 0.05) is 18.1 Å². The number of anilines is 2.